The van der Waals surface area contributed by atoms with Crippen molar-refractivity contribution in [3.8, 4) is 11.5 Å². The van der Waals surface area contributed by atoms with Crippen LogP contribution in [-0.4, -0.2) is 18.1 Å². The van der Waals surface area contributed by atoms with Gasteiger partial charge in [-0.05, 0) is 48.7 Å². The molecule has 0 aliphatic rings. The highest BCUT2D eigenvalue weighted by Crippen LogP contribution is 2.30. The van der Waals surface area contributed by atoms with Crippen LogP contribution in [0.1, 0.15) is 37.9 Å². The molecular weight excluding hydrogens is 302 g/mol. The van der Waals surface area contributed by atoms with Gasteiger partial charge in [0.05, 0.1) is 18.7 Å². The predicted molar refractivity (Wildman–Crippen MR) is 95.9 cm³/mol. The Bertz CT molecular complexity index is 691. The third kappa shape index (κ3) is 4.69. The van der Waals surface area contributed by atoms with Gasteiger partial charge in [0, 0.05) is 6.20 Å². The van der Waals surface area contributed by atoms with E-state index >= 15 is 0 Å². The first-order valence-electron chi connectivity index (χ1n) is 8.16. The van der Waals surface area contributed by atoms with Crippen molar-refractivity contribution in [2.45, 2.75) is 26.7 Å². The summed E-state index contributed by atoms with van der Waals surface area (Å²) in [6.45, 7) is 3.97. The molecule has 0 saturated carbocycles. The molecule has 0 aliphatic heterocycles. The molecule has 2 aromatic rings. The fourth-order valence-electron chi connectivity index (χ4n) is 2.34. The van der Waals surface area contributed by atoms with Crippen molar-refractivity contribution >= 4 is 18.1 Å². The first-order chi connectivity index (χ1) is 11.7. The normalized spacial score (nSPS) is 11.0. The van der Waals surface area contributed by atoms with Gasteiger partial charge in [0.2, 0.25) is 0 Å². The zero-order chi connectivity index (χ0) is 17.4. The second-order valence-corrected chi connectivity index (χ2v) is 5.43. The van der Waals surface area contributed by atoms with Crippen LogP contribution in [0.15, 0.2) is 42.6 Å². The van der Waals surface area contributed by atoms with Crippen LogP contribution >= 0.6 is 0 Å². The van der Waals surface area contributed by atoms with E-state index in [9.17, 15) is 4.79 Å². The highest BCUT2D eigenvalue weighted by atomic mass is 16.6. The summed E-state index contributed by atoms with van der Waals surface area (Å²) < 4.78 is 10.9. The largest absolute Gasteiger partial charge is 0.493 e. The van der Waals surface area contributed by atoms with E-state index in [1.165, 1.54) is 0 Å². The molecule has 0 aliphatic carbocycles. The van der Waals surface area contributed by atoms with Crippen LogP contribution in [0.3, 0.4) is 0 Å². The number of ether oxygens (including phenoxy) is 2. The summed E-state index contributed by atoms with van der Waals surface area (Å²) >= 11 is 0. The van der Waals surface area contributed by atoms with Crippen molar-refractivity contribution in [2.75, 3.05) is 7.11 Å². The molecule has 4 nitrogen and oxygen atoms in total. The number of pyridine rings is 1. The van der Waals surface area contributed by atoms with Gasteiger partial charge >= 0.3 is 5.97 Å². The number of benzene rings is 1. The lowest BCUT2D eigenvalue weighted by molar-refractivity contribution is -0.139. The highest BCUT2D eigenvalue weighted by molar-refractivity contribution is 5.76. The van der Waals surface area contributed by atoms with E-state index in [0.717, 1.165) is 24.1 Å². The molecule has 0 spiro atoms. The van der Waals surface area contributed by atoms with Gasteiger partial charge in [0.25, 0.3) is 0 Å². The predicted octanol–water partition coefficient (Wildman–Crippen LogP) is 4.60. The van der Waals surface area contributed by atoms with E-state index < -0.39 is 0 Å². The molecule has 1 aromatic heterocycles. The van der Waals surface area contributed by atoms with Crippen molar-refractivity contribution in [3.63, 3.8) is 0 Å². The lowest BCUT2D eigenvalue weighted by Crippen LogP contribution is -2.19. The highest BCUT2D eigenvalue weighted by Gasteiger charge is 2.18. The Morgan fingerprint density at radius 3 is 2.54 bits per heavy atom. The SMILES string of the molecule is CCC(CC)C(=O)Oc1ccc(/C=C/c2ccccn2)cc1OC. The van der Waals surface area contributed by atoms with Crippen molar-refractivity contribution in [1.82, 2.24) is 4.98 Å². The third-order valence-corrected chi connectivity index (χ3v) is 3.85. The quantitative estimate of drug-likeness (QED) is 0.551. The summed E-state index contributed by atoms with van der Waals surface area (Å²) in [6, 6.07) is 11.2. The van der Waals surface area contributed by atoms with Crippen molar-refractivity contribution < 1.29 is 14.3 Å². The van der Waals surface area contributed by atoms with Gasteiger partial charge < -0.3 is 9.47 Å². The second kappa shape index (κ2) is 8.87. The maximum atomic E-state index is 12.1. The number of esters is 1. The smallest absolute Gasteiger partial charge is 0.314 e. The fraction of sp³-hybridized carbons (Fsp3) is 0.300. The van der Waals surface area contributed by atoms with E-state index in [4.69, 9.17) is 9.47 Å². The maximum absolute atomic E-state index is 12.1. The zero-order valence-corrected chi connectivity index (χ0v) is 14.4. The third-order valence-electron chi connectivity index (χ3n) is 3.85. The zero-order valence-electron chi connectivity index (χ0n) is 14.4. The Labute approximate surface area is 143 Å². The van der Waals surface area contributed by atoms with Crippen LogP contribution in [0.25, 0.3) is 12.2 Å². The molecule has 24 heavy (non-hydrogen) atoms. The minimum absolute atomic E-state index is 0.0848. The molecule has 0 unspecified atom stereocenters. The molecular formula is C20H23NO3. The van der Waals surface area contributed by atoms with Crippen molar-refractivity contribution in [3.05, 3.63) is 53.9 Å². The Kier molecular flexibility index (Phi) is 6.55. The Balaban J connectivity index is 2.15. The number of hydrogen-bond acceptors (Lipinski definition) is 4. The molecule has 0 atom stereocenters. The fourth-order valence-corrected chi connectivity index (χ4v) is 2.34. The number of nitrogens with zero attached hydrogens (tertiary/aromatic N) is 1. The first-order valence-corrected chi connectivity index (χ1v) is 8.16. The molecule has 0 bridgehead atoms. The summed E-state index contributed by atoms with van der Waals surface area (Å²) in [4.78, 5) is 16.4. The van der Waals surface area contributed by atoms with Gasteiger partial charge in [-0.3, -0.25) is 9.78 Å². The molecule has 0 N–H and O–H groups in total. The van der Waals surface area contributed by atoms with Crippen LogP contribution < -0.4 is 9.47 Å². The van der Waals surface area contributed by atoms with Crippen molar-refractivity contribution in [1.29, 1.82) is 0 Å². The molecule has 2 rings (SSSR count). The van der Waals surface area contributed by atoms with Crippen LogP contribution in [0.2, 0.25) is 0 Å². The molecule has 1 heterocycles. The molecule has 1 aromatic carbocycles. The summed E-state index contributed by atoms with van der Waals surface area (Å²) in [7, 11) is 1.57. The van der Waals surface area contributed by atoms with Crippen LogP contribution in [0, 0.1) is 5.92 Å². The summed E-state index contributed by atoms with van der Waals surface area (Å²) in [5.41, 5.74) is 1.82. The Morgan fingerprint density at radius 2 is 1.92 bits per heavy atom. The second-order valence-electron chi connectivity index (χ2n) is 5.43. The van der Waals surface area contributed by atoms with E-state index in [2.05, 4.69) is 4.98 Å². The van der Waals surface area contributed by atoms with Gasteiger partial charge in [-0.15, -0.1) is 0 Å². The van der Waals surface area contributed by atoms with Gasteiger partial charge in [0.1, 0.15) is 0 Å². The average molecular weight is 325 g/mol. The summed E-state index contributed by atoms with van der Waals surface area (Å²) in [6.07, 6.45) is 7.15. The summed E-state index contributed by atoms with van der Waals surface area (Å²) in [5.74, 6) is 0.690. The molecule has 0 saturated heterocycles. The van der Waals surface area contributed by atoms with E-state index in [1.807, 2.05) is 56.3 Å². The van der Waals surface area contributed by atoms with Gasteiger partial charge in [-0.1, -0.05) is 32.1 Å². The number of carbonyl (C=O) groups excluding carboxylic acids is 1. The van der Waals surface area contributed by atoms with Crippen LogP contribution in [0.4, 0.5) is 0 Å². The van der Waals surface area contributed by atoms with Gasteiger partial charge in [0.15, 0.2) is 11.5 Å². The minimum atomic E-state index is -0.213. The van der Waals surface area contributed by atoms with E-state index in [-0.39, 0.29) is 11.9 Å². The monoisotopic (exact) mass is 325 g/mol. The van der Waals surface area contributed by atoms with Crippen LogP contribution in [0.5, 0.6) is 11.5 Å². The minimum Gasteiger partial charge on any atom is -0.493 e. The molecule has 0 radical (unpaired) electrons. The van der Waals surface area contributed by atoms with Crippen LogP contribution in [-0.2, 0) is 4.79 Å². The van der Waals surface area contributed by atoms with Crippen molar-refractivity contribution in [2.24, 2.45) is 5.92 Å². The Hall–Kier alpha value is -2.62. The molecule has 0 fully saturated rings. The number of aromatic nitrogens is 1. The standard InChI is InChI=1S/C20H23NO3/c1-4-16(5-2)20(22)24-18-12-10-15(14-19(18)23-3)9-11-17-8-6-7-13-21-17/h6-14,16H,4-5H2,1-3H3/b11-9+. The van der Waals surface area contributed by atoms with Gasteiger partial charge in [-0.25, -0.2) is 0 Å². The number of methoxy groups -OCH3 is 1. The lowest BCUT2D eigenvalue weighted by atomic mass is 10.0. The van der Waals surface area contributed by atoms with E-state index in [1.54, 1.807) is 19.4 Å². The number of carbonyl (C=O) groups is 1. The summed E-state index contributed by atoms with van der Waals surface area (Å²) in [5, 5.41) is 0. The molecule has 4 heteroatoms. The Morgan fingerprint density at radius 1 is 1.12 bits per heavy atom. The maximum Gasteiger partial charge on any atom is 0.314 e. The van der Waals surface area contributed by atoms with E-state index in [0.29, 0.717) is 11.5 Å². The first kappa shape index (κ1) is 17.7. The molecule has 126 valence electrons. The molecule has 0 amide bonds. The number of hydrogen-bond donors (Lipinski definition) is 0. The average Bonchev–Trinajstić information content (AvgIpc) is 2.62. The lowest BCUT2D eigenvalue weighted by Gasteiger charge is -2.14. The van der Waals surface area contributed by atoms with Gasteiger partial charge in [-0.2, -0.15) is 0 Å². The number of rotatable bonds is 7. The topological polar surface area (TPSA) is 48.4 Å².